The van der Waals surface area contributed by atoms with Crippen molar-refractivity contribution in [1.82, 2.24) is 25.9 Å². The molecule has 14 nitrogen and oxygen atoms in total. The van der Waals surface area contributed by atoms with Crippen molar-refractivity contribution in [2.45, 2.75) is 70.1 Å². The van der Waals surface area contributed by atoms with Crippen molar-refractivity contribution in [2.24, 2.45) is 11.7 Å². The molecule has 14 heteroatoms. The van der Waals surface area contributed by atoms with Crippen LogP contribution < -0.4 is 21.7 Å². The van der Waals surface area contributed by atoms with E-state index in [0.29, 0.717) is 12.1 Å². The minimum Gasteiger partial charge on any atom is -0.481 e. The third kappa shape index (κ3) is 11.2. The standard InChI is InChI=1S/C21H32N6O8/c1-11(2)5-14(22)19(33)26-15(3-4-17(29)30)20(34)27-16(6-12-8-23-10-24-12)21(35)25-13(9-28)7-18(31)32/h8-11,13-16H,3-7,22H2,1-2H3,(H,23,24)(H,25,35)(H,26,33)(H,27,34)(H,29,30)(H,31,32)/t13?,14?,15?,16-/m0/s1. The SMILES string of the molecule is CC(C)CC(N)C(=O)NC(CCC(=O)O)C(=O)N[C@@H](Cc1cnc[nH]1)C(=O)NC(C=O)CC(=O)O. The molecular weight excluding hydrogens is 464 g/mol. The molecule has 1 heterocycles. The molecule has 0 saturated carbocycles. The number of aromatic nitrogens is 2. The van der Waals surface area contributed by atoms with Crippen molar-refractivity contribution >= 4 is 35.9 Å². The van der Waals surface area contributed by atoms with Gasteiger partial charge in [0.05, 0.1) is 24.8 Å². The molecule has 194 valence electrons. The summed E-state index contributed by atoms with van der Waals surface area (Å²) >= 11 is 0. The minimum absolute atomic E-state index is 0.0982. The number of amides is 3. The highest BCUT2D eigenvalue weighted by Crippen LogP contribution is 2.07. The van der Waals surface area contributed by atoms with Crippen LogP contribution in [0.3, 0.4) is 0 Å². The van der Waals surface area contributed by atoms with E-state index in [2.05, 4.69) is 25.9 Å². The Morgan fingerprint density at radius 1 is 1.03 bits per heavy atom. The summed E-state index contributed by atoms with van der Waals surface area (Å²) in [6.45, 7) is 3.72. The number of carbonyl (C=O) groups excluding carboxylic acids is 4. The van der Waals surface area contributed by atoms with Gasteiger partial charge in [-0.15, -0.1) is 0 Å². The highest BCUT2D eigenvalue weighted by atomic mass is 16.4. The maximum atomic E-state index is 13.0. The second-order valence-electron chi connectivity index (χ2n) is 8.42. The minimum atomic E-state index is -1.34. The molecule has 3 unspecified atom stereocenters. The largest absolute Gasteiger partial charge is 0.481 e. The number of aromatic amines is 1. The maximum absolute atomic E-state index is 13.0. The third-order valence-electron chi connectivity index (χ3n) is 4.84. The Morgan fingerprint density at radius 3 is 2.17 bits per heavy atom. The third-order valence-corrected chi connectivity index (χ3v) is 4.84. The van der Waals surface area contributed by atoms with Crippen LogP contribution in [0.15, 0.2) is 12.5 Å². The number of hydrogen-bond donors (Lipinski definition) is 7. The first-order chi connectivity index (χ1) is 16.4. The van der Waals surface area contributed by atoms with Crippen LogP contribution in [-0.2, 0) is 35.2 Å². The number of nitrogens with two attached hydrogens (primary N) is 1. The van der Waals surface area contributed by atoms with Crippen molar-refractivity contribution in [3.8, 4) is 0 Å². The Labute approximate surface area is 201 Å². The number of carboxylic acids is 2. The van der Waals surface area contributed by atoms with E-state index >= 15 is 0 Å². The molecule has 0 aliphatic carbocycles. The first-order valence-corrected chi connectivity index (χ1v) is 11.0. The maximum Gasteiger partial charge on any atom is 0.305 e. The number of aliphatic carboxylic acids is 2. The van der Waals surface area contributed by atoms with Crippen LogP contribution in [0, 0.1) is 5.92 Å². The monoisotopic (exact) mass is 496 g/mol. The van der Waals surface area contributed by atoms with Gasteiger partial charge in [0.15, 0.2) is 0 Å². The van der Waals surface area contributed by atoms with Crippen molar-refractivity contribution in [3.05, 3.63) is 18.2 Å². The van der Waals surface area contributed by atoms with Gasteiger partial charge in [-0.1, -0.05) is 13.8 Å². The number of aldehydes is 1. The summed E-state index contributed by atoms with van der Waals surface area (Å²) in [5.74, 6) is -4.77. The lowest BCUT2D eigenvalue weighted by molar-refractivity contribution is -0.140. The Morgan fingerprint density at radius 2 is 1.66 bits per heavy atom. The molecule has 4 atom stereocenters. The molecule has 35 heavy (non-hydrogen) atoms. The summed E-state index contributed by atoms with van der Waals surface area (Å²) in [5.41, 5.74) is 6.30. The molecule has 3 amide bonds. The Balaban J connectivity index is 3.05. The lowest BCUT2D eigenvalue weighted by atomic mass is 10.0. The van der Waals surface area contributed by atoms with E-state index in [4.69, 9.17) is 15.9 Å². The first kappa shape index (κ1) is 29.2. The highest BCUT2D eigenvalue weighted by molar-refractivity contribution is 5.94. The summed E-state index contributed by atoms with van der Waals surface area (Å²) in [6, 6.07) is -4.87. The Kier molecular flexibility index (Phi) is 12.1. The predicted octanol–water partition coefficient (Wildman–Crippen LogP) is -1.68. The molecule has 0 spiro atoms. The predicted molar refractivity (Wildman–Crippen MR) is 121 cm³/mol. The molecule has 0 aliphatic heterocycles. The van der Waals surface area contributed by atoms with Crippen molar-refractivity contribution in [1.29, 1.82) is 0 Å². The number of nitrogens with one attached hydrogen (secondary N) is 4. The second kappa shape index (κ2) is 14.5. The number of carboxylic acid groups (broad SMARTS) is 2. The summed E-state index contributed by atoms with van der Waals surface area (Å²) in [4.78, 5) is 77.9. The molecular formula is C21H32N6O8. The normalized spacial score (nSPS) is 14.3. The Bertz CT molecular complexity index is 888. The fourth-order valence-corrected chi connectivity index (χ4v) is 3.13. The molecule has 0 bridgehead atoms. The van der Waals surface area contributed by atoms with E-state index in [1.165, 1.54) is 12.5 Å². The fourth-order valence-electron chi connectivity index (χ4n) is 3.13. The first-order valence-electron chi connectivity index (χ1n) is 11.0. The molecule has 1 aromatic heterocycles. The van der Waals surface area contributed by atoms with E-state index in [-0.39, 0.29) is 25.0 Å². The summed E-state index contributed by atoms with van der Waals surface area (Å²) in [7, 11) is 0. The van der Waals surface area contributed by atoms with Crippen LogP contribution in [0.25, 0.3) is 0 Å². The lowest BCUT2D eigenvalue weighted by Gasteiger charge is -2.24. The zero-order valence-electron chi connectivity index (χ0n) is 19.5. The quantitative estimate of drug-likeness (QED) is 0.128. The van der Waals surface area contributed by atoms with Crippen LogP contribution in [-0.4, -0.2) is 80.3 Å². The molecule has 8 N–H and O–H groups in total. The second-order valence-corrected chi connectivity index (χ2v) is 8.42. The van der Waals surface area contributed by atoms with Crippen molar-refractivity contribution < 1.29 is 39.0 Å². The summed E-state index contributed by atoms with van der Waals surface area (Å²) < 4.78 is 0. The van der Waals surface area contributed by atoms with Gasteiger partial charge in [0.1, 0.15) is 18.4 Å². The average Bonchev–Trinajstić information content (AvgIpc) is 3.27. The molecule has 0 saturated heterocycles. The van der Waals surface area contributed by atoms with Crippen LogP contribution >= 0.6 is 0 Å². The van der Waals surface area contributed by atoms with Crippen molar-refractivity contribution in [3.63, 3.8) is 0 Å². The zero-order chi connectivity index (χ0) is 26.5. The van der Waals surface area contributed by atoms with E-state index < -0.39 is 66.7 Å². The van der Waals surface area contributed by atoms with Gasteiger partial charge >= 0.3 is 11.9 Å². The van der Waals surface area contributed by atoms with E-state index in [1.54, 1.807) is 0 Å². The van der Waals surface area contributed by atoms with Gasteiger partial charge in [-0.05, 0) is 18.8 Å². The van der Waals surface area contributed by atoms with Crippen LogP contribution in [0.5, 0.6) is 0 Å². The van der Waals surface area contributed by atoms with Gasteiger partial charge in [-0.3, -0.25) is 24.0 Å². The van der Waals surface area contributed by atoms with Gasteiger partial charge in [-0.2, -0.15) is 0 Å². The molecule has 1 aromatic rings. The van der Waals surface area contributed by atoms with E-state index in [0.717, 1.165) is 0 Å². The van der Waals surface area contributed by atoms with E-state index in [9.17, 15) is 28.8 Å². The molecule has 0 aromatic carbocycles. The number of imidazole rings is 1. The zero-order valence-corrected chi connectivity index (χ0v) is 19.5. The smallest absolute Gasteiger partial charge is 0.305 e. The van der Waals surface area contributed by atoms with Crippen LogP contribution in [0.2, 0.25) is 0 Å². The molecule has 0 aliphatic rings. The number of carbonyl (C=O) groups is 6. The van der Waals surface area contributed by atoms with Crippen LogP contribution in [0.1, 0.15) is 45.2 Å². The average molecular weight is 497 g/mol. The summed E-state index contributed by atoms with van der Waals surface area (Å²) in [6.07, 6.45) is 1.85. The lowest BCUT2D eigenvalue weighted by Crippen LogP contribution is -2.57. The summed E-state index contributed by atoms with van der Waals surface area (Å²) in [5, 5.41) is 25.0. The Hall–Kier alpha value is -3.81. The van der Waals surface area contributed by atoms with E-state index in [1.807, 2.05) is 13.8 Å². The molecule has 0 fully saturated rings. The number of H-pyrrole nitrogens is 1. The highest BCUT2D eigenvalue weighted by Gasteiger charge is 2.30. The number of nitrogens with zero attached hydrogens (tertiary/aromatic N) is 1. The number of hydrogen-bond acceptors (Lipinski definition) is 8. The fraction of sp³-hybridized carbons (Fsp3) is 0.571. The van der Waals surface area contributed by atoms with Gasteiger partial charge < -0.3 is 41.7 Å². The van der Waals surface area contributed by atoms with Crippen molar-refractivity contribution in [2.75, 3.05) is 0 Å². The van der Waals surface area contributed by atoms with Gasteiger partial charge in [0.25, 0.3) is 0 Å². The van der Waals surface area contributed by atoms with Gasteiger partial charge in [0.2, 0.25) is 17.7 Å². The number of rotatable bonds is 16. The topological polar surface area (TPSA) is 234 Å². The molecule has 0 radical (unpaired) electrons. The van der Waals surface area contributed by atoms with Gasteiger partial charge in [0, 0.05) is 24.7 Å². The van der Waals surface area contributed by atoms with Gasteiger partial charge in [-0.25, -0.2) is 4.98 Å². The van der Waals surface area contributed by atoms with Crippen LogP contribution in [0.4, 0.5) is 0 Å². The molecule has 1 rings (SSSR count).